The largest absolute Gasteiger partial charge is 0.512 e. The van der Waals surface area contributed by atoms with Crippen molar-refractivity contribution < 1.29 is 34.4 Å². The second-order valence-corrected chi connectivity index (χ2v) is 14.3. The summed E-state index contributed by atoms with van der Waals surface area (Å²) in [5.74, 6) is 0.547. The molecule has 3 heterocycles. The number of allylic oxidation sites excluding steroid dienone is 2. The molecular formula is C41H46IrNO3S-. The van der Waals surface area contributed by atoms with Gasteiger partial charge in [-0.2, -0.15) is 0 Å². The number of carbonyl (C=O) groups is 1. The molecule has 0 aliphatic rings. The van der Waals surface area contributed by atoms with Gasteiger partial charge in [0, 0.05) is 59.3 Å². The molecule has 0 unspecified atom stereocenters. The second-order valence-electron chi connectivity index (χ2n) is 13.2. The number of hydrogen-bond donors (Lipinski definition) is 1. The van der Waals surface area contributed by atoms with Crippen LogP contribution in [0.5, 0.6) is 0 Å². The van der Waals surface area contributed by atoms with Crippen molar-refractivity contribution in [3.05, 3.63) is 89.8 Å². The summed E-state index contributed by atoms with van der Waals surface area (Å²) in [6.07, 6.45) is 6.82. The molecule has 0 aliphatic carbocycles. The Labute approximate surface area is 296 Å². The summed E-state index contributed by atoms with van der Waals surface area (Å²) in [7, 11) is 0. The van der Waals surface area contributed by atoms with Crippen LogP contribution in [0.3, 0.4) is 0 Å². The Morgan fingerprint density at radius 2 is 1.55 bits per heavy atom. The Morgan fingerprint density at radius 3 is 2.21 bits per heavy atom. The van der Waals surface area contributed by atoms with E-state index in [1.165, 1.54) is 37.4 Å². The third-order valence-corrected chi connectivity index (χ3v) is 10.5. The molecule has 6 aromatic rings. The SMILES string of the molecule is CCC(CC)C(=O)/C=C(\O)C(CC)CC.Cc1cccc2c1sc1c(-c3[c-]c4oc5ccccc5c4c(C(C)(C)C)c3)nccc12.[Ir]. The number of hydrogen-bond acceptors (Lipinski definition) is 5. The first-order valence-corrected chi connectivity index (χ1v) is 17.4. The van der Waals surface area contributed by atoms with Gasteiger partial charge in [-0.05, 0) is 71.9 Å². The van der Waals surface area contributed by atoms with Crippen LogP contribution in [0.25, 0.3) is 53.4 Å². The number of rotatable bonds is 8. The number of aliphatic hydroxyl groups is 1. The van der Waals surface area contributed by atoms with E-state index in [1.807, 2.05) is 57.4 Å². The van der Waals surface area contributed by atoms with Gasteiger partial charge in [0.2, 0.25) is 0 Å². The fourth-order valence-corrected chi connectivity index (χ4v) is 7.60. The van der Waals surface area contributed by atoms with Crippen molar-refractivity contribution in [2.45, 2.75) is 86.5 Å². The zero-order valence-corrected chi connectivity index (χ0v) is 32.0. The van der Waals surface area contributed by atoms with Crippen LogP contribution in [0, 0.1) is 24.8 Å². The molecule has 0 amide bonds. The minimum Gasteiger partial charge on any atom is -0.512 e. The quantitative estimate of drug-likeness (QED) is 0.0943. The van der Waals surface area contributed by atoms with Crippen LogP contribution in [0.2, 0.25) is 0 Å². The Bertz CT molecular complexity index is 2040. The van der Waals surface area contributed by atoms with E-state index < -0.39 is 0 Å². The molecule has 0 fully saturated rings. The fourth-order valence-electron chi connectivity index (χ4n) is 6.33. The number of nitrogens with zero attached hydrogens (tertiary/aromatic N) is 1. The maximum Gasteiger partial charge on any atom is 0.162 e. The number of pyridine rings is 1. The number of fused-ring (bicyclic) bond motifs is 6. The van der Waals surface area contributed by atoms with Crippen LogP contribution in [0.4, 0.5) is 0 Å². The molecular weight excluding hydrogens is 779 g/mol. The molecule has 4 nitrogen and oxygen atoms in total. The van der Waals surface area contributed by atoms with Gasteiger partial charge in [-0.15, -0.1) is 28.5 Å². The molecule has 0 spiro atoms. The van der Waals surface area contributed by atoms with Crippen LogP contribution < -0.4 is 0 Å². The number of para-hydroxylation sites is 1. The van der Waals surface area contributed by atoms with E-state index in [1.54, 1.807) is 0 Å². The predicted octanol–water partition coefficient (Wildman–Crippen LogP) is 12.3. The average Bonchev–Trinajstić information content (AvgIpc) is 3.61. The Morgan fingerprint density at radius 1 is 0.915 bits per heavy atom. The van der Waals surface area contributed by atoms with E-state index >= 15 is 0 Å². The molecule has 0 saturated carbocycles. The topological polar surface area (TPSA) is 63.3 Å². The number of benzene rings is 3. The number of ketones is 1. The minimum atomic E-state index is -0.0423. The number of aliphatic hydroxyl groups excluding tert-OH is 1. The normalized spacial score (nSPS) is 12.3. The van der Waals surface area contributed by atoms with Crippen molar-refractivity contribution in [3.8, 4) is 11.3 Å². The van der Waals surface area contributed by atoms with Crippen molar-refractivity contribution in [3.63, 3.8) is 0 Å². The predicted molar refractivity (Wildman–Crippen MR) is 196 cm³/mol. The van der Waals surface area contributed by atoms with Crippen molar-refractivity contribution in [1.29, 1.82) is 0 Å². The molecule has 0 bridgehead atoms. The monoisotopic (exact) mass is 825 g/mol. The van der Waals surface area contributed by atoms with Crippen LogP contribution in [-0.4, -0.2) is 15.9 Å². The van der Waals surface area contributed by atoms with E-state index in [9.17, 15) is 9.90 Å². The molecule has 47 heavy (non-hydrogen) atoms. The number of thiophene rings is 1. The van der Waals surface area contributed by atoms with Gasteiger partial charge in [0.05, 0.1) is 11.3 Å². The minimum absolute atomic E-state index is 0. The fraction of sp³-hybridized carbons (Fsp3) is 0.366. The van der Waals surface area contributed by atoms with Gasteiger partial charge in [0.15, 0.2) is 5.78 Å². The molecule has 0 atom stereocenters. The van der Waals surface area contributed by atoms with Crippen molar-refractivity contribution in [1.82, 2.24) is 4.98 Å². The molecule has 6 rings (SSSR count). The van der Waals surface area contributed by atoms with Crippen LogP contribution in [0.15, 0.2) is 77.0 Å². The van der Waals surface area contributed by atoms with Crippen LogP contribution in [-0.2, 0) is 30.3 Å². The molecule has 1 radical (unpaired) electrons. The third-order valence-electron chi connectivity index (χ3n) is 9.16. The number of aryl methyl sites for hydroxylation is 1. The summed E-state index contributed by atoms with van der Waals surface area (Å²) >= 11 is 1.82. The van der Waals surface area contributed by atoms with Gasteiger partial charge < -0.3 is 14.5 Å². The molecule has 0 saturated heterocycles. The average molecular weight is 825 g/mol. The van der Waals surface area contributed by atoms with Gasteiger partial charge in [0.25, 0.3) is 0 Å². The smallest absolute Gasteiger partial charge is 0.162 e. The standard InChI is InChI=1S/C28H22NOS.C13H24O2.Ir/c1-16-8-7-10-18-19-12-13-29-25(27(19)31-26(16)18)17-14-21(28(2,3)4)24-20-9-5-6-11-22(20)30-23(24)15-17;1-5-10(6-2)12(14)9-13(15)11(7-3)8-4;/h5-14H,1-4H3;9-11,14H,5-8H2,1-4H3;/q-1;;/b;12-9-;. The maximum absolute atomic E-state index is 11.7. The van der Waals surface area contributed by atoms with Crippen LogP contribution >= 0.6 is 11.3 Å². The van der Waals surface area contributed by atoms with E-state index in [4.69, 9.17) is 9.40 Å². The first-order valence-electron chi connectivity index (χ1n) is 16.6. The Kier molecular flexibility index (Phi) is 11.9. The van der Waals surface area contributed by atoms with Gasteiger partial charge in [-0.25, -0.2) is 0 Å². The summed E-state index contributed by atoms with van der Waals surface area (Å²) in [5, 5.41) is 14.6. The van der Waals surface area contributed by atoms with Crippen molar-refractivity contribution >= 4 is 59.2 Å². The zero-order valence-electron chi connectivity index (χ0n) is 28.8. The zero-order chi connectivity index (χ0) is 33.2. The van der Waals surface area contributed by atoms with E-state index in [0.717, 1.165) is 58.9 Å². The summed E-state index contributed by atoms with van der Waals surface area (Å²) in [4.78, 5) is 16.5. The first kappa shape index (κ1) is 36.5. The molecule has 6 heteroatoms. The number of carbonyl (C=O) groups excluding carboxylic acids is 1. The number of furan rings is 1. The molecule has 1 N–H and O–H groups in total. The molecule has 3 aromatic heterocycles. The van der Waals surface area contributed by atoms with E-state index in [-0.39, 0.29) is 48.9 Å². The van der Waals surface area contributed by atoms with Gasteiger partial charge in [0.1, 0.15) is 5.58 Å². The summed E-state index contributed by atoms with van der Waals surface area (Å²) < 4.78 is 8.79. The third kappa shape index (κ3) is 7.41. The van der Waals surface area contributed by atoms with E-state index in [0.29, 0.717) is 0 Å². The van der Waals surface area contributed by atoms with Crippen molar-refractivity contribution in [2.24, 2.45) is 11.8 Å². The van der Waals surface area contributed by atoms with Gasteiger partial charge in [-0.1, -0.05) is 96.3 Å². The van der Waals surface area contributed by atoms with Crippen molar-refractivity contribution in [2.75, 3.05) is 0 Å². The van der Waals surface area contributed by atoms with Gasteiger partial charge in [-0.3, -0.25) is 4.79 Å². The summed E-state index contributed by atoms with van der Waals surface area (Å²) in [5.41, 5.74) is 6.20. The molecule has 249 valence electrons. The van der Waals surface area contributed by atoms with Crippen LogP contribution in [0.1, 0.15) is 85.3 Å². The Balaban J connectivity index is 0.000000269. The van der Waals surface area contributed by atoms with Gasteiger partial charge >= 0.3 is 0 Å². The second kappa shape index (κ2) is 15.3. The molecule has 0 aliphatic heterocycles. The van der Waals surface area contributed by atoms with E-state index in [2.05, 4.69) is 76.2 Å². The summed E-state index contributed by atoms with van der Waals surface area (Å²) in [6, 6.07) is 22.7. The Hall–Kier alpha value is -3.31. The molecule has 3 aromatic carbocycles. The maximum atomic E-state index is 11.7. The summed E-state index contributed by atoms with van der Waals surface area (Å²) in [6.45, 7) is 17.0. The number of aromatic nitrogens is 1. The first-order chi connectivity index (χ1) is 22.0.